The van der Waals surface area contributed by atoms with Gasteiger partial charge in [0.15, 0.2) is 0 Å². The average Bonchev–Trinajstić information content (AvgIpc) is 2.38. The van der Waals surface area contributed by atoms with Crippen molar-refractivity contribution in [1.29, 1.82) is 0 Å². The van der Waals surface area contributed by atoms with Crippen molar-refractivity contribution in [1.82, 2.24) is 0 Å². The summed E-state index contributed by atoms with van der Waals surface area (Å²) in [5.74, 6) is 0.915. The van der Waals surface area contributed by atoms with E-state index in [1.54, 1.807) is 0 Å². The van der Waals surface area contributed by atoms with Crippen LogP contribution in [0.25, 0.3) is 0 Å². The summed E-state index contributed by atoms with van der Waals surface area (Å²) in [5, 5.41) is 0. The monoisotopic (exact) mass is 290 g/mol. The molecule has 1 aromatic carbocycles. The van der Waals surface area contributed by atoms with Crippen LogP contribution in [0.3, 0.4) is 0 Å². The molecule has 1 fully saturated rings. The molecule has 0 spiro atoms. The highest BCUT2D eigenvalue weighted by atomic mass is 16.5. The highest BCUT2D eigenvalue weighted by Gasteiger charge is 2.38. The van der Waals surface area contributed by atoms with Gasteiger partial charge < -0.3 is 16.2 Å². The van der Waals surface area contributed by atoms with Crippen LogP contribution < -0.4 is 16.2 Å². The molecule has 1 aliphatic carbocycles. The first-order chi connectivity index (χ1) is 9.82. The molecule has 2 atom stereocenters. The number of benzene rings is 1. The second kappa shape index (κ2) is 6.06. The summed E-state index contributed by atoms with van der Waals surface area (Å²) in [7, 11) is 0. The number of rotatable bonds is 4. The van der Waals surface area contributed by atoms with E-state index in [4.69, 9.17) is 16.2 Å². The Labute approximate surface area is 126 Å². The molecule has 21 heavy (non-hydrogen) atoms. The largest absolute Gasteiger partial charge is 0.490 e. The number of ether oxygens (including phenoxy) is 1. The van der Waals surface area contributed by atoms with Gasteiger partial charge in [-0.1, -0.05) is 19.9 Å². The molecule has 1 saturated carbocycles. The van der Waals surface area contributed by atoms with Crippen LogP contribution in [0, 0.1) is 6.92 Å². The van der Waals surface area contributed by atoms with Crippen molar-refractivity contribution >= 4 is 5.91 Å². The van der Waals surface area contributed by atoms with Gasteiger partial charge in [0.05, 0.1) is 5.54 Å². The van der Waals surface area contributed by atoms with Gasteiger partial charge in [-0.3, -0.25) is 4.79 Å². The van der Waals surface area contributed by atoms with Crippen LogP contribution in [0.1, 0.15) is 56.6 Å². The molecule has 2 unspecified atom stereocenters. The molecule has 0 radical (unpaired) electrons. The first-order valence-corrected chi connectivity index (χ1v) is 7.68. The van der Waals surface area contributed by atoms with Gasteiger partial charge in [0.2, 0.25) is 5.91 Å². The fraction of sp³-hybridized carbons (Fsp3) is 0.588. The van der Waals surface area contributed by atoms with E-state index in [1.165, 1.54) is 11.1 Å². The van der Waals surface area contributed by atoms with Gasteiger partial charge in [0.25, 0.3) is 0 Å². The maximum atomic E-state index is 11.5. The Morgan fingerprint density at radius 1 is 1.43 bits per heavy atom. The number of aryl methyl sites for hydroxylation is 1. The lowest BCUT2D eigenvalue weighted by Crippen LogP contribution is -2.56. The minimum absolute atomic E-state index is 0.0412. The number of hydrogen-bond acceptors (Lipinski definition) is 3. The Bertz CT molecular complexity index is 528. The summed E-state index contributed by atoms with van der Waals surface area (Å²) in [5.41, 5.74) is 13.1. The molecule has 4 nitrogen and oxygen atoms in total. The van der Waals surface area contributed by atoms with Crippen molar-refractivity contribution < 1.29 is 9.53 Å². The predicted octanol–water partition coefficient (Wildman–Crippen LogP) is 2.62. The third-order valence-corrected chi connectivity index (χ3v) is 4.40. The second-order valence-electron chi connectivity index (χ2n) is 6.53. The van der Waals surface area contributed by atoms with Gasteiger partial charge in [-0.25, -0.2) is 0 Å². The predicted molar refractivity (Wildman–Crippen MR) is 84.3 cm³/mol. The first kappa shape index (κ1) is 15.8. The zero-order valence-corrected chi connectivity index (χ0v) is 13.2. The molecule has 0 heterocycles. The summed E-state index contributed by atoms with van der Waals surface area (Å²) in [6, 6.07) is 6.17. The Hall–Kier alpha value is -1.55. The SMILES string of the molecule is Cc1cc(OC2CCCC(N)(C(N)=O)C2)ccc1C(C)C. The highest BCUT2D eigenvalue weighted by molar-refractivity contribution is 5.84. The number of primary amides is 1. The zero-order valence-electron chi connectivity index (χ0n) is 13.2. The maximum Gasteiger partial charge on any atom is 0.237 e. The molecule has 4 heteroatoms. The molecule has 0 aliphatic heterocycles. The summed E-state index contributed by atoms with van der Waals surface area (Å²) in [6.45, 7) is 6.46. The Morgan fingerprint density at radius 3 is 2.71 bits per heavy atom. The van der Waals surface area contributed by atoms with Crippen LogP contribution in [0.5, 0.6) is 5.75 Å². The van der Waals surface area contributed by atoms with E-state index in [2.05, 4.69) is 32.9 Å². The Kier molecular flexibility index (Phi) is 4.57. The van der Waals surface area contributed by atoms with Crippen LogP contribution in [0.15, 0.2) is 18.2 Å². The van der Waals surface area contributed by atoms with Crippen LogP contribution in [-0.4, -0.2) is 17.6 Å². The van der Waals surface area contributed by atoms with Gasteiger partial charge in [0.1, 0.15) is 11.9 Å². The quantitative estimate of drug-likeness (QED) is 0.894. The minimum atomic E-state index is -0.921. The van der Waals surface area contributed by atoms with E-state index in [0.717, 1.165) is 18.6 Å². The lowest BCUT2D eigenvalue weighted by Gasteiger charge is -2.35. The summed E-state index contributed by atoms with van der Waals surface area (Å²) in [6.07, 6.45) is 2.88. The van der Waals surface area contributed by atoms with Crippen molar-refractivity contribution in [2.75, 3.05) is 0 Å². The third-order valence-electron chi connectivity index (χ3n) is 4.40. The molecule has 4 N–H and O–H groups in total. The van der Waals surface area contributed by atoms with Crippen molar-refractivity contribution in [2.45, 2.75) is 64.0 Å². The first-order valence-electron chi connectivity index (χ1n) is 7.68. The van der Waals surface area contributed by atoms with Gasteiger partial charge in [-0.15, -0.1) is 0 Å². The fourth-order valence-corrected chi connectivity index (χ4v) is 3.14. The average molecular weight is 290 g/mol. The molecule has 1 amide bonds. The maximum absolute atomic E-state index is 11.5. The van der Waals surface area contributed by atoms with Gasteiger partial charge >= 0.3 is 0 Å². The molecular formula is C17H26N2O2. The normalized spacial score (nSPS) is 25.9. The van der Waals surface area contributed by atoms with Crippen molar-refractivity contribution in [3.8, 4) is 5.75 Å². The minimum Gasteiger partial charge on any atom is -0.490 e. The van der Waals surface area contributed by atoms with E-state index in [0.29, 0.717) is 18.8 Å². The van der Waals surface area contributed by atoms with Crippen molar-refractivity contribution in [2.24, 2.45) is 11.5 Å². The van der Waals surface area contributed by atoms with E-state index in [9.17, 15) is 4.79 Å². The van der Waals surface area contributed by atoms with Gasteiger partial charge in [-0.2, -0.15) is 0 Å². The number of amides is 1. The fourth-order valence-electron chi connectivity index (χ4n) is 3.14. The topological polar surface area (TPSA) is 78.3 Å². The van der Waals surface area contributed by atoms with Crippen molar-refractivity contribution in [3.63, 3.8) is 0 Å². The number of hydrogen-bond donors (Lipinski definition) is 2. The zero-order chi connectivity index (χ0) is 15.6. The standard InChI is InChI=1S/C17H26N2O2/c1-11(2)15-7-6-13(9-12(15)3)21-14-5-4-8-17(19,10-14)16(18)20/h6-7,9,11,14H,4-5,8,10,19H2,1-3H3,(H2,18,20). The van der Waals surface area contributed by atoms with Crippen molar-refractivity contribution in [3.05, 3.63) is 29.3 Å². The second-order valence-corrected chi connectivity index (χ2v) is 6.53. The molecule has 116 valence electrons. The highest BCUT2D eigenvalue weighted by Crippen LogP contribution is 2.30. The Morgan fingerprint density at radius 2 is 2.14 bits per heavy atom. The molecular weight excluding hydrogens is 264 g/mol. The number of nitrogens with two attached hydrogens (primary N) is 2. The smallest absolute Gasteiger partial charge is 0.237 e. The van der Waals surface area contributed by atoms with Gasteiger partial charge in [-0.05, 0) is 55.4 Å². The third kappa shape index (κ3) is 3.56. The molecule has 2 rings (SSSR count). The molecule has 0 aromatic heterocycles. The van der Waals surface area contributed by atoms with Gasteiger partial charge in [0, 0.05) is 6.42 Å². The summed E-state index contributed by atoms with van der Waals surface area (Å²) >= 11 is 0. The van der Waals surface area contributed by atoms with E-state index in [1.807, 2.05) is 6.07 Å². The van der Waals surface area contributed by atoms with E-state index in [-0.39, 0.29) is 6.10 Å². The van der Waals surface area contributed by atoms with Crippen LogP contribution >= 0.6 is 0 Å². The molecule has 0 bridgehead atoms. The lowest BCUT2D eigenvalue weighted by atomic mass is 9.80. The lowest BCUT2D eigenvalue weighted by molar-refractivity contribution is -0.125. The summed E-state index contributed by atoms with van der Waals surface area (Å²) in [4.78, 5) is 11.5. The molecule has 1 aromatic rings. The number of carbonyl (C=O) groups excluding carboxylic acids is 1. The van der Waals surface area contributed by atoms with Crippen LogP contribution in [0.2, 0.25) is 0 Å². The molecule has 1 aliphatic rings. The molecule has 0 saturated heterocycles. The van der Waals surface area contributed by atoms with E-state index < -0.39 is 11.4 Å². The Balaban J connectivity index is 2.08. The van der Waals surface area contributed by atoms with Crippen LogP contribution in [-0.2, 0) is 4.79 Å². The van der Waals surface area contributed by atoms with Crippen LogP contribution in [0.4, 0.5) is 0 Å². The van der Waals surface area contributed by atoms with E-state index >= 15 is 0 Å². The summed E-state index contributed by atoms with van der Waals surface area (Å²) < 4.78 is 6.03. The number of carbonyl (C=O) groups is 1.